The Balaban J connectivity index is 2.32. The van der Waals surface area contributed by atoms with Gasteiger partial charge in [0.2, 0.25) is 10.0 Å². The van der Waals surface area contributed by atoms with E-state index in [4.69, 9.17) is 5.73 Å². The van der Waals surface area contributed by atoms with Gasteiger partial charge in [0.05, 0.1) is 17.0 Å². The Morgan fingerprint density at radius 3 is 2.71 bits per heavy atom. The van der Waals surface area contributed by atoms with Gasteiger partial charge >= 0.3 is 0 Å². The third-order valence-corrected chi connectivity index (χ3v) is 5.42. The fourth-order valence-corrected chi connectivity index (χ4v) is 3.98. The minimum absolute atomic E-state index is 0.128. The predicted molar refractivity (Wildman–Crippen MR) is 81.1 cm³/mol. The highest BCUT2D eigenvalue weighted by Crippen LogP contribution is 2.27. The third kappa shape index (κ3) is 3.44. The molecule has 0 aliphatic carbocycles. The number of sulfonamides is 1. The Labute approximate surface area is 125 Å². The summed E-state index contributed by atoms with van der Waals surface area (Å²) in [7, 11) is -3.57. The fourth-order valence-electron chi connectivity index (χ4n) is 2.34. The Hall–Kier alpha value is -1.39. The van der Waals surface area contributed by atoms with Crippen LogP contribution in [-0.2, 0) is 10.0 Å². The van der Waals surface area contributed by atoms with Gasteiger partial charge in [-0.3, -0.25) is 0 Å². The lowest BCUT2D eigenvalue weighted by molar-refractivity contribution is 0.0762. The number of benzene rings is 1. The molecule has 0 bridgehead atoms. The monoisotopic (exact) mass is 308 g/mol. The summed E-state index contributed by atoms with van der Waals surface area (Å²) in [5, 5.41) is 9.93. The highest BCUT2D eigenvalue weighted by molar-refractivity contribution is 7.89. The van der Waals surface area contributed by atoms with Crippen LogP contribution in [-0.4, -0.2) is 43.1 Å². The molecular weight excluding hydrogens is 288 g/mol. The Morgan fingerprint density at radius 2 is 2.19 bits per heavy atom. The first-order valence-electron chi connectivity index (χ1n) is 6.78. The first kappa shape index (κ1) is 16.0. The molecule has 3 N–H and O–H groups in total. The van der Waals surface area contributed by atoms with Gasteiger partial charge in [-0.2, -0.15) is 4.31 Å². The highest BCUT2D eigenvalue weighted by Gasteiger charge is 2.38. The van der Waals surface area contributed by atoms with E-state index in [9.17, 15) is 13.5 Å². The largest absolute Gasteiger partial charge is 0.389 e. The van der Waals surface area contributed by atoms with E-state index >= 15 is 0 Å². The van der Waals surface area contributed by atoms with Crippen LogP contribution < -0.4 is 5.73 Å². The van der Waals surface area contributed by atoms with E-state index in [2.05, 4.69) is 11.8 Å². The maximum atomic E-state index is 12.6. The van der Waals surface area contributed by atoms with Gasteiger partial charge < -0.3 is 10.8 Å². The molecule has 1 aliphatic heterocycles. The molecule has 0 aromatic heterocycles. The second-order valence-electron chi connectivity index (χ2n) is 5.57. The Morgan fingerprint density at radius 1 is 1.48 bits per heavy atom. The summed E-state index contributed by atoms with van der Waals surface area (Å²) in [5.41, 5.74) is 5.95. The zero-order valence-corrected chi connectivity index (χ0v) is 13.1. The van der Waals surface area contributed by atoms with Crippen molar-refractivity contribution in [1.82, 2.24) is 4.31 Å². The van der Waals surface area contributed by atoms with E-state index in [1.807, 2.05) is 6.92 Å². The van der Waals surface area contributed by atoms with Crippen LogP contribution in [0.15, 0.2) is 23.1 Å². The summed E-state index contributed by atoms with van der Waals surface area (Å²) in [4.78, 5) is 0.232. The van der Waals surface area contributed by atoms with E-state index in [-0.39, 0.29) is 18.0 Å². The number of hydrogen-bond acceptors (Lipinski definition) is 4. The number of hydrogen-bond donors (Lipinski definition) is 2. The molecule has 1 heterocycles. The zero-order chi connectivity index (χ0) is 15.7. The molecule has 21 heavy (non-hydrogen) atoms. The second kappa shape index (κ2) is 5.78. The lowest BCUT2D eigenvalue weighted by Gasteiger charge is -2.19. The van der Waals surface area contributed by atoms with Crippen molar-refractivity contribution in [2.45, 2.75) is 30.8 Å². The summed E-state index contributed by atoms with van der Waals surface area (Å²) in [5.74, 6) is 5.66. The van der Waals surface area contributed by atoms with Crippen LogP contribution >= 0.6 is 0 Å². The topological polar surface area (TPSA) is 83.6 Å². The molecule has 5 nitrogen and oxygen atoms in total. The molecule has 0 radical (unpaired) electrons. The molecule has 0 amide bonds. The summed E-state index contributed by atoms with van der Waals surface area (Å²) < 4.78 is 26.4. The molecule has 1 unspecified atom stereocenters. The fraction of sp³-hybridized carbons (Fsp3) is 0.467. The molecule has 1 saturated heterocycles. The summed E-state index contributed by atoms with van der Waals surface area (Å²) in [6.07, 6.45) is 0.450. The zero-order valence-electron chi connectivity index (χ0n) is 12.3. The average Bonchev–Trinajstić information content (AvgIpc) is 2.78. The summed E-state index contributed by atoms with van der Waals surface area (Å²) >= 11 is 0. The van der Waals surface area contributed by atoms with Gasteiger partial charge in [-0.1, -0.05) is 11.8 Å². The standard InChI is InChI=1S/C15H20N2O3S/c1-12-10-14(6-5-13(12)4-3-8-16)21(19,20)17-9-7-15(2,18)11-17/h5-6,10,18H,7-9,11,16H2,1-2H3. The molecule has 2 rings (SSSR count). The predicted octanol–water partition coefficient (Wildman–Crippen LogP) is 0.451. The molecule has 1 aromatic rings. The van der Waals surface area contributed by atoms with E-state index in [0.717, 1.165) is 11.1 Å². The van der Waals surface area contributed by atoms with Gasteiger partial charge in [0.25, 0.3) is 0 Å². The Bertz CT molecular complexity index is 699. The van der Waals surface area contributed by atoms with Crippen LogP contribution in [0.4, 0.5) is 0 Å². The van der Waals surface area contributed by atoms with Gasteiger partial charge in [-0.05, 0) is 44.0 Å². The number of aliphatic hydroxyl groups is 1. The van der Waals surface area contributed by atoms with Gasteiger partial charge in [-0.25, -0.2) is 8.42 Å². The van der Waals surface area contributed by atoms with Crippen molar-refractivity contribution in [3.05, 3.63) is 29.3 Å². The highest BCUT2D eigenvalue weighted by atomic mass is 32.2. The number of nitrogens with two attached hydrogens (primary N) is 1. The van der Waals surface area contributed by atoms with Crippen molar-refractivity contribution in [2.24, 2.45) is 5.73 Å². The molecule has 0 saturated carbocycles. The van der Waals surface area contributed by atoms with Crippen LogP contribution in [0.3, 0.4) is 0 Å². The number of β-amino-alcohol motifs (C(OH)–C–C–N with tert-alkyl or cyclic N) is 1. The van der Waals surface area contributed by atoms with Gasteiger partial charge in [-0.15, -0.1) is 0 Å². The molecule has 1 aliphatic rings. The minimum atomic E-state index is -3.57. The molecule has 0 spiro atoms. The van der Waals surface area contributed by atoms with Crippen molar-refractivity contribution in [3.8, 4) is 11.8 Å². The number of aryl methyl sites for hydroxylation is 1. The lowest BCUT2D eigenvalue weighted by atomic mass is 10.1. The first-order valence-corrected chi connectivity index (χ1v) is 8.22. The number of nitrogens with zero attached hydrogens (tertiary/aromatic N) is 1. The van der Waals surface area contributed by atoms with Gasteiger partial charge in [0.1, 0.15) is 0 Å². The Kier molecular flexibility index (Phi) is 4.40. The van der Waals surface area contributed by atoms with Crippen molar-refractivity contribution in [1.29, 1.82) is 0 Å². The number of rotatable bonds is 2. The van der Waals surface area contributed by atoms with Crippen molar-refractivity contribution in [3.63, 3.8) is 0 Å². The van der Waals surface area contributed by atoms with Gasteiger partial charge in [0.15, 0.2) is 0 Å². The molecular formula is C15H20N2O3S. The first-order chi connectivity index (χ1) is 9.76. The van der Waals surface area contributed by atoms with Crippen LogP contribution in [0.2, 0.25) is 0 Å². The van der Waals surface area contributed by atoms with E-state index in [0.29, 0.717) is 13.0 Å². The van der Waals surface area contributed by atoms with Gasteiger partial charge in [0, 0.05) is 18.7 Å². The lowest BCUT2D eigenvalue weighted by Crippen LogP contribution is -2.33. The van der Waals surface area contributed by atoms with Crippen molar-refractivity contribution >= 4 is 10.0 Å². The SMILES string of the molecule is Cc1cc(S(=O)(=O)N2CCC(C)(O)C2)ccc1C#CCN. The molecule has 114 valence electrons. The molecule has 1 atom stereocenters. The maximum absolute atomic E-state index is 12.6. The molecule has 6 heteroatoms. The van der Waals surface area contributed by atoms with E-state index in [1.165, 1.54) is 4.31 Å². The minimum Gasteiger partial charge on any atom is -0.389 e. The summed E-state index contributed by atoms with van der Waals surface area (Å²) in [6.45, 7) is 4.20. The van der Waals surface area contributed by atoms with E-state index < -0.39 is 15.6 Å². The maximum Gasteiger partial charge on any atom is 0.243 e. The quantitative estimate of drug-likeness (QED) is 0.777. The van der Waals surface area contributed by atoms with E-state index in [1.54, 1.807) is 25.1 Å². The third-order valence-electron chi connectivity index (χ3n) is 3.58. The smallest absolute Gasteiger partial charge is 0.243 e. The van der Waals surface area contributed by atoms with Crippen LogP contribution in [0.5, 0.6) is 0 Å². The average molecular weight is 308 g/mol. The normalized spacial score (nSPS) is 22.9. The summed E-state index contributed by atoms with van der Waals surface area (Å²) in [6, 6.07) is 4.86. The van der Waals surface area contributed by atoms with Crippen LogP contribution in [0.25, 0.3) is 0 Å². The van der Waals surface area contributed by atoms with Crippen molar-refractivity contribution in [2.75, 3.05) is 19.6 Å². The molecule has 1 fully saturated rings. The second-order valence-corrected chi connectivity index (χ2v) is 7.51. The molecule has 1 aromatic carbocycles. The van der Waals surface area contributed by atoms with Crippen LogP contribution in [0, 0.1) is 18.8 Å². The van der Waals surface area contributed by atoms with Crippen molar-refractivity contribution < 1.29 is 13.5 Å². The van der Waals surface area contributed by atoms with Crippen LogP contribution in [0.1, 0.15) is 24.5 Å².